The molecule has 32 heavy (non-hydrogen) atoms. The molecule has 9 nitrogen and oxygen atoms in total. The Morgan fingerprint density at radius 1 is 1.00 bits per heavy atom. The molecule has 0 saturated carbocycles. The highest BCUT2D eigenvalue weighted by Crippen LogP contribution is 2.28. The molecule has 0 unspecified atom stereocenters. The Hall–Kier alpha value is -4.40. The summed E-state index contributed by atoms with van der Waals surface area (Å²) in [6.07, 6.45) is 1.42. The molecule has 164 valence electrons. The molecule has 0 aliphatic carbocycles. The van der Waals surface area contributed by atoms with E-state index in [0.29, 0.717) is 23.7 Å². The van der Waals surface area contributed by atoms with Gasteiger partial charge in [-0.3, -0.25) is 14.9 Å². The van der Waals surface area contributed by atoms with Crippen molar-refractivity contribution in [2.24, 2.45) is 5.10 Å². The van der Waals surface area contributed by atoms with Gasteiger partial charge in [-0.05, 0) is 35.4 Å². The maximum Gasteiger partial charge on any atom is 0.275 e. The number of carbonyl (C=O) groups is 1. The molecule has 3 aromatic rings. The van der Waals surface area contributed by atoms with Crippen LogP contribution in [0.15, 0.2) is 71.8 Å². The second kappa shape index (κ2) is 10.6. The molecule has 0 aliphatic rings. The Balaban J connectivity index is 1.68. The lowest BCUT2D eigenvalue weighted by Gasteiger charge is -2.11. The molecule has 0 saturated heterocycles. The average Bonchev–Trinajstić information content (AvgIpc) is 2.83. The lowest BCUT2D eigenvalue weighted by molar-refractivity contribution is -0.384. The van der Waals surface area contributed by atoms with Gasteiger partial charge < -0.3 is 14.2 Å². The number of nitrogens with one attached hydrogen (secondary N) is 1. The average molecular weight is 435 g/mol. The lowest BCUT2D eigenvalue weighted by atomic mass is 10.1. The number of hydrazone groups is 1. The van der Waals surface area contributed by atoms with E-state index in [1.165, 1.54) is 32.6 Å². The van der Waals surface area contributed by atoms with Crippen LogP contribution in [0.25, 0.3) is 0 Å². The van der Waals surface area contributed by atoms with E-state index in [2.05, 4.69) is 10.5 Å². The molecule has 0 fully saturated rings. The van der Waals surface area contributed by atoms with E-state index < -0.39 is 10.8 Å². The molecule has 3 rings (SSSR count). The van der Waals surface area contributed by atoms with E-state index in [0.717, 1.165) is 11.6 Å². The number of benzene rings is 3. The zero-order valence-electron chi connectivity index (χ0n) is 17.5. The van der Waals surface area contributed by atoms with Crippen LogP contribution in [0.4, 0.5) is 5.69 Å². The summed E-state index contributed by atoms with van der Waals surface area (Å²) in [5, 5.41) is 14.9. The molecule has 1 amide bonds. The number of carbonyl (C=O) groups excluding carboxylic acids is 1. The van der Waals surface area contributed by atoms with E-state index in [4.69, 9.17) is 14.2 Å². The predicted octanol–water partition coefficient (Wildman–Crippen LogP) is 3.95. The zero-order valence-corrected chi connectivity index (χ0v) is 17.5. The first kappa shape index (κ1) is 22.3. The third-order valence-corrected chi connectivity index (χ3v) is 4.44. The molecular formula is C23H21N3O6. The Labute approximate surface area is 184 Å². The van der Waals surface area contributed by atoms with Crippen molar-refractivity contribution in [2.75, 3.05) is 14.2 Å². The van der Waals surface area contributed by atoms with E-state index in [9.17, 15) is 14.9 Å². The van der Waals surface area contributed by atoms with E-state index in [1.54, 1.807) is 18.2 Å². The highest BCUT2D eigenvalue weighted by atomic mass is 16.6. The first-order valence-corrected chi connectivity index (χ1v) is 9.52. The van der Waals surface area contributed by atoms with Crippen molar-refractivity contribution in [3.05, 3.63) is 93.5 Å². The molecule has 3 aromatic carbocycles. The van der Waals surface area contributed by atoms with Gasteiger partial charge in [0.2, 0.25) is 0 Å². The molecule has 0 aliphatic heterocycles. The second-order valence-electron chi connectivity index (χ2n) is 6.53. The Kier molecular flexibility index (Phi) is 7.37. The summed E-state index contributed by atoms with van der Waals surface area (Å²) in [5.41, 5.74) is 3.80. The fourth-order valence-electron chi connectivity index (χ4n) is 2.83. The quantitative estimate of drug-likeness (QED) is 0.309. The number of nitrogens with zero attached hydrogens (tertiary/aromatic N) is 2. The Morgan fingerprint density at radius 2 is 1.72 bits per heavy atom. The summed E-state index contributed by atoms with van der Waals surface area (Å²) in [6.45, 7) is 0.395. The third-order valence-electron chi connectivity index (χ3n) is 4.44. The monoisotopic (exact) mass is 435 g/mol. The van der Waals surface area contributed by atoms with Crippen LogP contribution in [-0.4, -0.2) is 31.3 Å². The molecule has 1 N–H and O–H groups in total. The van der Waals surface area contributed by atoms with Gasteiger partial charge in [0.1, 0.15) is 12.4 Å². The highest BCUT2D eigenvalue weighted by molar-refractivity contribution is 5.98. The van der Waals surface area contributed by atoms with Crippen LogP contribution in [-0.2, 0) is 6.61 Å². The van der Waals surface area contributed by atoms with Crippen LogP contribution in [0.1, 0.15) is 21.5 Å². The van der Waals surface area contributed by atoms with Gasteiger partial charge in [-0.15, -0.1) is 0 Å². The van der Waals surface area contributed by atoms with Gasteiger partial charge in [-0.2, -0.15) is 5.10 Å². The fraction of sp³-hybridized carbons (Fsp3) is 0.130. The molecule has 0 heterocycles. The number of hydrogen-bond acceptors (Lipinski definition) is 7. The zero-order chi connectivity index (χ0) is 22.9. The second-order valence-corrected chi connectivity index (χ2v) is 6.53. The smallest absolute Gasteiger partial charge is 0.275 e. The number of ether oxygens (including phenoxy) is 3. The molecule has 0 radical (unpaired) electrons. The Bertz CT molecular complexity index is 1130. The van der Waals surface area contributed by atoms with E-state index in [-0.39, 0.29) is 17.0 Å². The van der Waals surface area contributed by atoms with Gasteiger partial charge in [0.15, 0.2) is 11.5 Å². The van der Waals surface area contributed by atoms with Crippen LogP contribution in [0.2, 0.25) is 0 Å². The molecule has 0 spiro atoms. The number of rotatable bonds is 9. The minimum Gasteiger partial charge on any atom is -0.496 e. The number of non-ortho nitro benzene ring substituents is 1. The summed E-state index contributed by atoms with van der Waals surface area (Å²) < 4.78 is 16.3. The van der Waals surface area contributed by atoms with Gasteiger partial charge in [-0.1, -0.05) is 30.3 Å². The van der Waals surface area contributed by atoms with Crippen molar-refractivity contribution >= 4 is 17.8 Å². The van der Waals surface area contributed by atoms with Crippen molar-refractivity contribution < 1.29 is 23.9 Å². The molecule has 0 aromatic heterocycles. The summed E-state index contributed by atoms with van der Waals surface area (Å²) in [6, 6.07) is 18.7. The Morgan fingerprint density at radius 3 is 2.41 bits per heavy atom. The van der Waals surface area contributed by atoms with Crippen molar-refractivity contribution in [2.45, 2.75) is 6.61 Å². The summed E-state index contributed by atoms with van der Waals surface area (Å²) in [5.74, 6) is 0.636. The topological polar surface area (TPSA) is 112 Å². The van der Waals surface area contributed by atoms with Gasteiger partial charge in [-0.25, -0.2) is 5.43 Å². The summed E-state index contributed by atoms with van der Waals surface area (Å²) in [7, 11) is 2.90. The lowest BCUT2D eigenvalue weighted by Crippen LogP contribution is -2.18. The van der Waals surface area contributed by atoms with Crippen LogP contribution in [0.3, 0.4) is 0 Å². The van der Waals surface area contributed by atoms with Gasteiger partial charge in [0.05, 0.1) is 30.9 Å². The third kappa shape index (κ3) is 5.60. The molecular weight excluding hydrogens is 414 g/mol. The largest absolute Gasteiger partial charge is 0.496 e. The normalized spacial score (nSPS) is 10.6. The maximum atomic E-state index is 12.4. The van der Waals surface area contributed by atoms with Crippen molar-refractivity contribution in [1.29, 1.82) is 0 Å². The van der Waals surface area contributed by atoms with Crippen molar-refractivity contribution in [3.8, 4) is 17.2 Å². The summed E-state index contributed by atoms with van der Waals surface area (Å²) >= 11 is 0. The number of amides is 1. The predicted molar refractivity (Wildman–Crippen MR) is 118 cm³/mol. The van der Waals surface area contributed by atoms with Crippen LogP contribution in [0.5, 0.6) is 17.2 Å². The van der Waals surface area contributed by atoms with Crippen LogP contribution >= 0.6 is 0 Å². The molecule has 0 atom stereocenters. The highest BCUT2D eigenvalue weighted by Gasteiger charge is 2.17. The number of hydrogen-bond donors (Lipinski definition) is 1. The van der Waals surface area contributed by atoms with Crippen LogP contribution < -0.4 is 19.6 Å². The van der Waals surface area contributed by atoms with Crippen molar-refractivity contribution in [3.63, 3.8) is 0 Å². The number of nitro benzene ring substituents is 1. The first-order chi connectivity index (χ1) is 15.5. The molecule has 9 heteroatoms. The van der Waals surface area contributed by atoms with Gasteiger partial charge >= 0.3 is 0 Å². The maximum absolute atomic E-state index is 12.4. The number of nitro groups is 1. The van der Waals surface area contributed by atoms with E-state index in [1.807, 2.05) is 30.3 Å². The van der Waals surface area contributed by atoms with Gasteiger partial charge in [0.25, 0.3) is 11.6 Å². The standard InChI is InChI=1S/C23H21N3O6/c1-30-20-11-9-18(26(28)29)13-19(20)23(27)25-24-14-17-8-10-21(22(12-17)31-2)32-15-16-6-4-3-5-7-16/h3-14H,15H2,1-2H3,(H,25,27)/b24-14-. The number of methoxy groups -OCH3 is 2. The molecule has 0 bridgehead atoms. The SMILES string of the molecule is COc1cc(/C=N\NC(=O)c2cc([N+](=O)[O-])ccc2OC)ccc1OCc1ccccc1. The van der Waals surface area contributed by atoms with Crippen LogP contribution in [0, 0.1) is 10.1 Å². The van der Waals surface area contributed by atoms with Crippen molar-refractivity contribution in [1.82, 2.24) is 5.43 Å². The fourth-order valence-corrected chi connectivity index (χ4v) is 2.83. The first-order valence-electron chi connectivity index (χ1n) is 9.52. The van der Waals surface area contributed by atoms with E-state index >= 15 is 0 Å². The minimum absolute atomic E-state index is 0.00101. The minimum atomic E-state index is -0.642. The summed E-state index contributed by atoms with van der Waals surface area (Å²) in [4.78, 5) is 22.8. The van der Waals surface area contributed by atoms with Gasteiger partial charge in [0, 0.05) is 12.1 Å².